The van der Waals surface area contributed by atoms with Crippen LogP contribution in [0.25, 0.3) is 0 Å². The molecule has 0 fully saturated rings. The summed E-state index contributed by atoms with van der Waals surface area (Å²) in [4.78, 5) is 12.7. The van der Waals surface area contributed by atoms with Gasteiger partial charge in [0.2, 0.25) is 6.10 Å². The second-order valence-electron chi connectivity index (χ2n) is 6.40. The van der Waals surface area contributed by atoms with Crippen molar-refractivity contribution in [2.45, 2.75) is 45.9 Å². The van der Waals surface area contributed by atoms with E-state index in [1.165, 1.54) is 5.56 Å². The van der Waals surface area contributed by atoms with Gasteiger partial charge < -0.3 is 14.8 Å². The molecule has 1 aliphatic heterocycles. The van der Waals surface area contributed by atoms with Crippen LogP contribution in [0.15, 0.2) is 42.5 Å². The molecule has 0 radical (unpaired) electrons. The highest BCUT2D eigenvalue weighted by Gasteiger charge is 2.34. The van der Waals surface area contributed by atoms with Crippen LogP contribution in [-0.4, -0.2) is 18.1 Å². The molecule has 3 atom stereocenters. The van der Waals surface area contributed by atoms with Gasteiger partial charge in [-0.1, -0.05) is 35.9 Å². The number of carbonyl (C=O) groups is 1. The van der Waals surface area contributed by atoms with Crippen molar-refractivity contribution in [1.29, 1.82) is 0 Å². The number of hydrogen-bond acceptors (Lipinski definition) is 3. The van der Waals surface area contributed by atoms with E-state index in [9.17, 15) is 4.79 Å². The van der Waals surface area contributed by atoms with Gasteiger partial charge in [-0.25, -0.2) is 0 Å². The number of rotatable bonds is 3. The first kappa shape index (κ1) is 16.4. The van der Waals surface area contributed by atoms with E-state index >= 15 is 0 Å². The van der Waals surface area contributed by atoms with E-state index in [1.807, 2.05) is 38.1 Å². The predicted molar refractivity (Wildman–Crippen MR) is 93.4 cm³/mol. The van der Waals surface area contributed by atoms with Crippen LogP contribution in [0.4, 0.5) is 0 Å². The molecular weight excluding hydrogens is 302 g/mol. The van der Waals surface area contributed by atoms with Crippen molar-refractivity contribution in [3.63, 3.8) is 0 Å². The fraction of sp³-hybridized carbons (Fsp3) is 0.350. The second kappa shape index (κ2) is 6.56. The average Bonchev–Trinajstić information content (AvgIpc) is 2.56. The van der Waals surface area contributed by atoms with Crippen molar-refractivity contribution in [3.05, 3.63) is 59.2 Å². The average molecular weight is 325 g/mol. The quantitative estimate of drug-likeness (QED) is 0.936. The number of aryl methyl sites for hydroxylation is 2. The normalized spacial score (nSPS) is 20.3. The Hall–Kier alpha value is -2.49. The number of para-hydroxylation sites is 2. The molecule has 0 saturated carbocycles. The lowest BCUT2D eigenvalue weighted by Gasteiger charge is -2.32. The van der Waals surface area contributed by atoms with Crippen LogP contribution >= 0.6 is 0 Å². The number of ether oxygens (including phenoxy) is 2. The molecule has 126 valence electrons. The van der Waals surface area contributed by atoms with Crippen LogP contribution in [0.3, 0.4) is 0 Å². The molecular formula is C20H23NO3. The molecule has 0 bridgehead atoms. The van der Waals surface area contributed by atoms with E-state index < -0.39 is 6.10 Å². The van der Waals surface area contributed by atoms with Gasteiger partial charge in [0.25, 0.3) is 5.91 Å². The molecule has 0 saturated heterocycles. The largest absolute Gasteiger partial charge is 0.482 e. The molecule has 1 heterocycles. The highest BCUT2D eigenvalue weighted by molar-refractivity contribution is 5.82. The minimum atomic E-state index is -0.660. The van der Waals surface area contributed by atoms with E-state index in [-0.39, 0.29) is 18.1 Å². The summed E-state index contributed by atoms with van der Waals surface area (Å²) >= 11 is 0. The van der Waals surface area contributed by atoms with Crippen molar-refractivity contribution in [1.82, 2.24) is 5.32 Å². The zero-order valence-electron chi connectivity index (χ0n) is 14.5. The summed E-state index contributed by atoms with van der Waals surface area (Å²) in [5, 5.41) is 3.05. The summed E-state index contributed by atoms with van der Waals surface area (Å²) in [5.74, 6) is 1.12. The van der Waals surface area contributed by atoms with Gasteiger partial charge in [-0.15, -0.1) is 0 Å². The van der Waals surface area contributed by atoms with Crippen molar-refractivity contribution in [3.8, 4) is 11.5 Å². The fourth-order valence-corrected chi connectivity index (χ4v) is 3.01. The Kier molecular flexibility index (Phi) is 4.47. The van der Waals surface area contributed by atoms with Crippen LogP contribution in [-0.2, 0) is 4.79 Å². The van der Waals surface area contributed by atoms with E-state index in [1.54, 1.807) is 0 Å². The minimum absolute atomic E-state index is 0.0922. The summed E-state index contributed by atoms with van der Waals surface area (Å²) < 4.78 is 11.7. The lowest BCUT2D eigenvalue weighted by molar-refractivity contribution is -0.134. The highest BCUT2D eigenvalue weighted by atomic mass is 16.6. The van der Waals surface area contributed by atoms with Crippen molar-refractivity contribution in [2.24, 2.45) is 0 Å². The maximum atomic E-state index is 12.7. The molecule has 0 spiro atoms. The van der Waals surface area contributed by atoms with Crippen LogP contribution in [0.2, 0.25) is 0 Å². The number of hydrogen-bond donors (Lipinski definition) is 1. The van der Waals surface area contributed by atoms with E-state index in [2.05, 4.69) is 37.4 Å². The van der Waals surface area contributed by atoms with Gasteiger partial charge in [0, 0.05) is 0 Å². The molecule has 4 heteroatoms. The summed E-state index contributed by atoms with van der Waals surface area (Å²) in [6.45, 7) is 7.94. The molecule has 2 aromatic rings. The lowest BCUT2D eigenvalue weighted by Crippen LogP contribution is -2.49. The van der Waals surface area contributed by atoms with E-state index in [0.29, 0.717) is 11.5 Å². The van der Waals surface area contributed by atoms with Gasteiger partial charge in [-0.05, 0) is 51.0 Å². The van der Waals surface area contributed by atoms with Gasteiger partial charge >= 0.3 is 0 Å². The summed E-state index contributed by atoms with van der Waals surface area (Å²) in [5.41, 5.74) is 3.46. The topological polar surface area (TPSA) is 47.6 Å². The Bertz CT molecular complexity index is 756. The van der Waals surface area contributed by atoms with Crippen molar-refractivity contribution >= 4 is 5.91 Å². The summed E-state index contributed by atoms with van der Waals surface area (Å²) in [6, 6.07) is 13.6. The molecule has 3 rings (SSSR count). The van der Waals surface area contributed by atoms with Gasteiger partial charge in [0.15, 0.2) is 11.5 Å². The number of benzene rings is 2. The van der Waals surface area contributed by atoms with Gasteiger partial charge in [0.1, 0.15) is 6.10 Å². The Labute approximate surface area is 142 Å². The molecule has 4 nitrogen and oxygen atoms in total. The van der Waals surface area contributed by atoms with E-state index in [4.69, 9.17) is 9.47 Å². The zero-order valence-corrected chi connectivity index (χ0v) is 14.5. The standard InChI is InChI=1S/C20H23NO3/c1-12-9-10-13(2)16(11-12)14(3)21-20(22)19-15(4)23-17-7-5-6-8-18(17)24-19/h5-11,14-15,19H,1-4H3,(H,21,22). The fourth-order valence-electron chi connectivity index (χ4n) is 3.01. The predicted octanol–water partition coefficient (Wildman–Crippen LogP) is 3.71. The van der Waals surface area contributed by atoms with Crippen LogP contribution in [0, 0.1) is 13.8 Å². The van der Waals surface area contributed by atoms with Crippen LogP contribution in [0.1, 0.15) is 36.6 Å². The Morgan fingerprint density at radius 3 is 2.46 bits per heavy atom. The maximum Gasteiger partial charge on any atom is 0.265 e. The molecule has 1 N–H and O–H groups in total. The molecule has 3 unspecified atom stereocenters. The number of amides is 1. The first-order valence-electron chi connectivity index (χ1n) is 8.25. The Morgan fingerprint density at radius 1 is 1.08 bits per heavy atom. The molecule has 1 amide bonds. The second-order valence-corrected chi connectivity index (χ2v) is 6.40. The molecule has 2 aromatic carbocycles. The monoisotopic (exact) mass is 325 g/mol. The molecule has 24 heavy (non-hydrogen) atoms. The Balaban J connectivity index is 1.74. The maximum absolute atomic E-state index is 12.7. The van der Waals surface area contributed by atoms with Gasteiger partial charge in [0.05, 0.1) is 6.04 Å². The number of fused-ring (bicyclic) bond motifs is 1. The van der Waals surface area contributed by atoms with Gasteiger partial charge in [-0.2, -0.15) is 0 Å². The van der Waals surface area contributed by atoms with Crippen LogP contribution < -0.4 is 14.8 Å². The molecule has 0 aromatic heterocycles. The third-order valence-electron chi connectivity index (χ3n) is 4.36. The third-order valence-corrected chi connectivity index (χ3v) is 4.36. The van der Waals surface area contributed by atoms with Crippen molar-refractivity contribution < 1.29 is 14.3 Å². The van der Waals surface area contributed by atoms with Gasteiger partial charge in [-0.3, -0.25) is 4.79 Å². The van der Waals surface area contributed by atoms with Crippen molar-refractivity contribution in [2.75, 3.05) is 0 Å². The lowest BCUT2D eigenvalue weighted by atomic mass is 9.99. The van der Waals surface area contributed by atoms with E-state index in [0.717, 1.165) is 11.1 Å². The zero-order chi connectivity index (χ0) is 17.3. The highest BCUT2D eigenvalue weighted by Crippen LogP contribution is 2.33. The summed E-state index contributed by atoms with van der Waals surface area (Å²) in [6.07, 6.45) is -1.00. The third kappa shape index (κ3) is 3.23. The minimum Gasteiger partial charge on any atom is -0.482 e. The number of nitrogens with one attached hydrogen (secondary N) is 1. The molecule has 0 aliphatic carbocycles. The number of carbonyl (C=O) groups excluding carboxylic acids is 1. The summed E-state index contributed by atoms with van der Waals surface area (Å²) in [7, 11) is 0. The SMILES string of the molecule is Cc1ccc(C)c(C(C)NC(=O)C2Oc3ccccc3OC2C)c1. The Morgan fingerprint density at radius 2 is 1.75 bits per heavy atom. The molecule has 1 aliphatic rings. The first-order chi connectivity index (χ1) is 11.5. The first-order valence-corrected chi connectivity index (χ1v) is 8.25. The smallest absolute Gasteiger partial charge is 0.265 e. The van der Waals surface area contributed by atoms with Crippen LogP contribution in [0.5, 0.6) is 11.5 Å².